The molecule has 2 aromatic rings. The monoisotopic (exact) mass is 369 g/mol. The van der Waals surface area contributed by atoms with Crippen LogP contribution in [0.5, 0.6) is 5.75 Å². The van der Waals surface area contributed by atoms with Crippen LogP contribution in [0.4, 0.5) is 21.5 Å². The van der Waals surface area contributed by atoms with Gasteiger partial charge in [0.15, 0.2) is 6.61 Å². The van der Waals surface area contributed by atoms with Gasteiger partial charge >= 0.3 is 5.69 Å². The lowest BCUT2D eigenvalue weighted by Gasteiger charge is -2.09. The van der Waals surface area contributed by atoms with E-state index < -0.39 is 33.9 Å². The van der Waals surface area contributed by atoms with Crippen LogP contribution in [-0.2, 0) is 4.79 Å². The third-order valence-electron chi connectivity index (χ3n) is 2.91. The van der Waals surface area contributed by atoms with E-state index in [4.69, 9.17) is 16.3 Å². The number of carbonyl (C=O) groups is 1. The molecule has 0 atom stereocenters. The molecule has 9 nitrogen and oxygen atoms in total. The summed E-state index contributed by atoms with van der Waals surface area (Å²) < 4.78 is 18.4. The molecule has 1 amide bonds. The zero-order valence-electron chi connectivity index (χ0n) is 12.3. The number of anilines is 1. The quantitative estimate of drug-likeness (QED) is 0.615. The van der Waals surface area contributed by atoms with E-state index in [2.05, 4.69) is 5.32 Å². The van der Waals surface area contributed by atoms with Crippen molar-refractivity contribution < 1.29 is 23.8 Å². The first-order chi connectivity index (χ1) is 11.8. The van der Waals surface area contributed by atoms with E-state index in [9.17, 15) is 29.4 Å². The number of nitro benzene ring substituents is 2. The molecule has 25 heavy (non-hydrogen) atoms. The van der Waals surface area contributed by atoms with Gasteiger partial charge in [0.25, 0.3) is 11.6 Å². The van der Waals surface area contributed by atoms with E-state index in [0.717, 1.165) is 30.3 Å². The number of nitrogens with one attached hydrogen (secondary N) is 1. The number of halogens is 2. The molecule has 2 rings (SSSR count). The largest absolute Gasteiger partial charge is 0.482 e. The third kappa shape index (κ3) is 4.61. The number of amides is 1. The van der Waals surface area contributed by atoms with Crippen molar-refractivity contribution in [3.8, 4) is 5.75 Å². The molecule has 0 aromatic heterocycles. The van der Waals surface area contributed by atoms with Crippen LogP contribution in [0, 0.1) is 26.0 Å². The van der Waals surface area contributed by atoms with Crippen LogP contribution in [0.1, 0.15) is 0 Å². The molecule has 0 aliphatic carbocycles. The average Bonchev–Trinajstić information content (AvgIpc) is 2.55. The maximum Gasteiger partial charge on any atom is 0.306 e. The Morgan fingerprint density at radius 3 is 2.48 bits per heavy atom. The van der Waals surface area contributed by atoms with Gasteiger partial charge in [-0.25, -0.2) is 0 Å². The normalized spacial score (nSPS) is 10.2. The van der Waals surface area contributed by atoms with Gasteiger partial charge in [-0.05, 0) is 18.2 Å². The summed E-state index contributed by atoms with van der Waals surface area (Å²) in [4.78, 5) is 31.5. The highest BCUT2D eigenvalue weighted by atomic mass is 35.5. The average molecular weight is 370 g/mol. The van der Waals surface area contributed by atoms with E-state index in [0.29, 0.717) is 0 Å². The summed E-state index contributed by atoms with van der Waals surface area (Å²) in [5.41, 5.74) is -1.01. The first-order valence-electron chi connectivity index (χ1n) is 6.58. The molecule has 0 saturated carbocycles. The fraction of sp³-hybridized carbons (Fsp3) is 0.0714. The van der Waals surface area contributed by atoms with Gasteiger partial charge in [0.1, 0.15) is 5.75 Å². The molecule has 2 aromatic carbocycles. The molecule has 0 bridgehead atoms. The summed E-state index contributed by atoms with van der Waals surface area (Å²) >= 11 is 5.81. The Hall–Kier alpha value is -3.27. The van der Waals surface area contributed by atoms with Gasteiger partial charge in [-0.3, -0.25) is 25.0 Å². The van der Waals surface area contributed by atoms with Crippen LogP contribution in [0.15, 0.2) is 36.4 Å². The van der Waals surface area contributed by atoms with Crippen molar-refractivity contribution in [2.75, 3.05) is 11.9 Å². The molecule has 0 radical (unpaired) electrons. The standard InChI is InChI=1S/C14H9ClFN3O6/c15-10-6-9(18(21)22)2-4-13(10)25-7-14(20)17-8-1-3-11(16)12(5-8)19(23)24/h1-6H,7H2,(H,17,20). The number of carbonyl (C=O) groups excluding carboxylic acids is 1. The second kappa shape index (κ2) is 7.53. The van der Waals surface area contributed by atoms with Gasteiger partial charge in [0.2, 0.25) is 5.82 Å². The predicted octanol–water partition coefficient (Wildman–Crippen LogP) is 3.31. The van der Waals surface area contributed by atoms with Crippen molar-refractivity contribution in [2.45, 2.75) is 0 Å². The van der Waals surface area contributed by atoms with Crippen LogP contribution in [0.3, 0.4) is 0 Å². The van der Waals surface area contributed by atoms with Gasteiger partial charge < -0.3 is 10.1 Å². The van der Waals surface area contributed by atoms with Crippen LogP contribution in [0.2, 0.25) is 5.02 Å². The Morgan fingerprint density at radius 1 is 1.16 bits per heavy atom. The molecule has 130 valence electrons. The molecule has 1 N–H and O–H groups in total. The minimum Gasteiger partial charge on any atom is -0.482 e. The smallest absolute Gasteiger partial charge is 0.306 e. The maximum atomic E-state index is 13.2. The second-order valence-electron chi connectivity index (χ2n) is 4.63. The van der Waals surface area contributed by atoms with E-state index in [1.165, 1.54) is 6.07 Å². The molecular weight excluding hydrogens is 361 g/mol. The fourth-order valence-electron chi connectivity index (χ4n) is 1.79. The van der Waals surface area contributed by atoms with E-state index in [1.54, 1.807) is 0 Å². The predicted molar refractivity (Wildman–Crippen MR) is 85.3 cm³/mol. The van der Waals surface area contributed by atoms with Crippen molar-refractivity contribution in [3.05, 3.63) is 67.5 Å². The van der Waals surface area contributed by atoms with Gasteiger partial charge in [-0.15, -0.1) is 0 Å². The topological polar surface area (TPSA) is 125 Å². The third-order valence-corrected chi connectivity index (χ3v) is 3.21. The molecule has 0 aliphatic heterocycles. The van der Waals surface area contributed by atoms with Crippen molar-refractivity contribution >= 4 is 34.6 Å². The maximum absolute atomic E-state index is 13.2. The van der Waals surface area contributed by atoms with Crippen molar-refractivity contribution in [3.63, 3.8) is 0 Å². The number of nitro groups is 2. The summed E-state index contributed by atoms with van der Waals surface area (Å²) in [6, 6.07) is 6.32. The molecule has 0 fully saturated rings. The van der Waals surface area contributed by atoms with Crippen LogP contribution in [0.25, 0.3) is 0 Å². The highest BCUT2D eigenvalue weighted by Gasteiger charge is 2.16. The van der Waals surface area contributed by atoms with E-state index in [1.807, 2.05) is 0 Å². The Kier molecular flexibility index (Phi) is 5.45. The fourth-order valence-corrected chi connectivity index (χ4v) is 2.02. The minimum atomic E-state index is -1.03. The number of hydrogen-bond donors (Lipinski definition) is 1. The van der Waals surface area contributed by atoms with Gasteiger partial charge in [0, 0.05) is 23.9 Å². The Morgan fingerprint density at radius 2 is 1.88 bits per heavy atom. The number of ether oxygens (including phenoxy) is 1. The summed E-state index contributed by atoms with van der Waals surface area (Å²) in [5, 5.41) is 23.5. The molecule has 11 heteroatoms. The molecular formula is C14H9ClFN3O6. The molecule has 0 spiro atoms. The van der Waals surface area contributed by atoms with Crippen LogP contribution >= 0.6 is 11.6 Å². The van der Waals surface area contributed by atoms with Crippen molar-refractivity contribution in [1.29, 1.82) is 0 Å². The molecule has 0 saturated heterocycles. The highest BCUT2D eigenvalue weighted by Crippen LogP contribution is 2.28. The van der Waals surface area contributed by atoms with E-state index in [-0.39, 0.29) is 22.1 Å². The van der Waals surface area contributed by atoms with E-state index >= 15 is 0 Å². The lowest BCUT2D eigenvalue weighted by molar-refractivity contribution is -0.387. The number of benzene rings is 2. The minimum absolute atomic E-state index is 0.0106. The summed E-state index contributed by atoms with van der Waals surface area (Å²) in [6.07, 6.45) is 0. The molecule has 0 heterocycles. The lowest BCUT2D eigenvalue weighted by Crippen LogP contribution is -2.20. The lowest BCUT2D eigenvalue weighted by atomic mass is 10.2. The zero-order valence-corrected chi connectivity index (χ0v) is 13.0. The zero-order chi connectivity index (χ0) is 18.6. The Balaban J connectivity index is 2.01. The van der Waals surface area contributed by atoms with Crippen LogP contribution < -0.4 is 10.1 Å². The Bertz CT molecular complexity index is 860. The highest BCUT2D eigenvalue weighted by molar-refractivity contribution is 6.32. The first kappa shape index (κ1) is 18.1. The van der Waals surface area contributed by atoms with Crippen molar-refractivity contribution in [2.24, 2.45) is 0 Å². The van der Waals surface area contributed by atoms with Crippen LogP contribution in [-0.4, -0.2) is 22.4 Å². The molecule has 0 unspecified atom stereocenters. The number of hydrogen-bond acceptors (Lipinski definition) is 6. The van der Waals surface area contributed by atoms with Gasteiger partial charge in [-0.1, -0.05) is 11.6 Å². The second-order valence-corrected chi connectivity index (χ2v) is 5.04. The number of nitrogens with zero attached hydrogens (tertiary/aromatic N) is 2. The van der Waals surface area contributed by atoms with Gasteiger partial charge in [-0.2, -0.15) is 4.39 Å². The first-order valence-corrected chi connectivity index (χ1v) is 6.96. The number of rotatable bonds is 6. The summed E-state index contributed by atoms with van der Waals surface area (Å²) in [7, 11) is 0. The summed E-state index contributed by atoms with van der Waals surface area (Å²) in [6.45, 7) is -0.511. The summed E-state index contributed by atoms with van der Waals surface area (Å²) in [5.74, 6) is -1.67. The molecule has 0 aliphatic rings. The SMILES string of the molecule is O=C(COc1ccc([N+](=O)[O-])cc1Cl)Nc1ccc(F)c([N+](=O)[O-])c1. The van der Waals surface area contributed by atoms with Gasteiger partial charge in [0.05, 0.1) is 14.9 Å². The number of non-ortho nitro benzene ring substituents is 1. The Labute approximate surface area is 144 Å². The van der Waals surface area contributed by atoms with Crippen molar-refractivity contribution in [1.82, 2.24) is 0 Å².